The fourth-order valence-electron chi connectivity index (χ4n) is 1.66. The van der Waals surface area contributed by atoms with Gasteiger partial charge in [-0.25, -0.2) is 0 Å². The molecule has 1 fully saturated rings. The van der Waals surface area contributed by atoms with Crippen molar-refractivity contribution in [2.45, 2.75) is 11.9 Å². The number of benzene rings is 1. The van der Waals surface area contributed by atoms with Gasteiger partial charge in [0.15, 0.2) is 0 Å². The Morgan fingerprint density at radius 2 is 2.12 bits per heavy atom. The molecule has 0 aromatic heterocycles. The van der Waals surface area contributed by atoms with Crippen LogP contribution in [-0.4, -0.2) is 29.8 Å². The third kappa shape index (κ3) is 2.26. The van der Waals surface area contributed by atoms with Crippen LogP contribution >= 0.6 is 27.5 Å². The van der Waals surface area contributed by atoms with E-state index < -0.39 is 5.79 Å². The monoisotopic (exact) mass is 306 g/mol. The summed E-state index contributed by atoms with van der Waals surface area (Å²) in [6.07, 6.45) is -0.270. The number of aliphatic hydroxyl groups excluding tert-OH is 1. The van der Waals surface area contributed by atoms with E-state index in [2.05, 4.69) is 15.9 Å². The van der Waals surface area contributed by atoms with Crippen LogP contribution in [0.4, 0.5) is 0 Å². The summed E-state index contributed by atoms with van der Waals surface area (Å²) in [5.41, 5.74) is 0.893. The molecular formula is C11H12BrClO3. The number of hydrogen-bond donors (Lipinski definition) is 1. The van der Waals surface area contributed by atoms with Crippen molar-refractivity contribution in [2.24, 2.45) is 0 Å². The van der Waals surface area contributed by atoms with Crippen molar-refractivity contribution in [3.63, 3.8) is 0 Å². The average Bonchev–Trinajstić information content (AvgIpc) is 2.75. The second-order valence-electron chi connectivity index (χ2n) is 3.63. The molecule has 1 saturated heterocycles. The number of halogens is 2. The maximum Gasteiger partial charge on any atom is 0.205 e. The van der Waals surface area contributed by atoms with Crippen LogP contribution in [0.25, 0.3) is 0 Å². The molecule has 1 heterocycles. The largest absolute Gasteiger partial charge is 0.394 e. The number of alkyl halides is 1. The topological polar surface area (TPSA) is 38.7 Å². The van der Waals surface area contributed by atoms with Crippen LogP contribution in [0.2, 0.25) is 5.02 Å². The van der Waals surface area contributed by atoms with Crippen molar-refractivity contribution in [1.29, 1.82) is 0 Å². The lowest BCUT2D eigenvalue weighted by Gasteiger charge is -2.26. The molecule has 2 atom stereocenters. The maximum atomic E-state index is 9.04. The summed E-state index contributed by atoms with van der Waals surface area (Å²) in [7, 11) is 0. The minimum atomic E-state index is -0.808. The first-order chi connectivity index (χ1) is 7.70. The SMILES string of the molecule is OCC1CO[C@@](CBr)(c2ccc(Cl)cc2)O1. The van der Waals surface area contributed by atoms with Crippen LogP contribution < -0.4 is 0 Å². The zero-order valence-corrected chi connectivity index (χ0v) is 10.9. The summed E-state index contributed by atoms with van der Waals surface area (Å²) in [6, 6.07) is 7.31. The van der Waals surface area contributed by atoms with E-state index in [1.165, 1.54) is 0 Å². The Morgan fingerprint density at radius 1 is 1.44 bits per heavy atom. The number of hydrogen-bond acceptors (Lipinski definition) is 3. The Kier molecular flexibility index (Phi) is 3.87. The summed E-state index contributed by atoms with van der Waals surface area (Å²) in [4.78, 5) is 0. The van der Waals surface area contributed by atoms with Gasteiger partial charge in [-0.15, -0.1) is 0 Å². The lowest BCUT2D eigenvalue weighted by molar-refractivity contribution is -0.160. The molecule has 0 amide bonds. The predicted molar refractivity (Wildman–Crippen MR) is 64.8 cm³/mol. The second-order valence-corrected chi connectivity index (χ2v) is 4.62. The lowest BCUT2D eigenvalue weighted by atomic mass is 10.1. The van der Waals surface area contributed by atoms with Gasteiger partial charge < -0.3 is 14.6 Å². The second kappa shape index (κ2) is 5.02. The molecule has 1 aliphatic heterocycles. The smallest absolute Gasteiger partial charge is 0.205 e. The van der Waals surface area contributed by atoms with Crippen molar-refractivity contribution in [3.8, 4) is 0 Å². The first kappa shape index (κ1) is 12.3. The number of aliphatic hydroxyl groups is 1. The summed E-state index contributed by atoms with van der Waals surface area (Å²) in [5.74, 6) is -0.808. The third-order valence-corrected chi connectivity index (χ3v) is 3.51. The molecule has 2 rings (SSSR count). The van der Waals surface area contributed by atoms with Crippen LogP contribution in [0, 0.1) is 0 Å². The molecule has 88 valence electrons. The third-order valence-electron chi connectivity index (χ3n) is 2.52. The van der Waals surface area contributed by atoms with Gasteiger partial charge in [0.1, 0.15) is 6.10 Å². The van der Waals surface area contributed by atoms with E-state index in [9.17, 15) is 0 Å². The van der Waals surface area contributed by atoms with Gasteiger partial charge in [0.25, 0.3) is 0 Å². The minimum absolute atomic E-state index is 0.0393. The molecule has 1 aromatic carbocycles. The summed E-state index contributed by atoms with van der Waals surface area (Å²) in [6.45, 7) is 0.354. The summed E-state index contributed by atoms with van der Waals surface area (Å²) >= 11 is 9.21. The highest BCUT2D eigenvalue weighted by Gasteiger charge is 2.42. The highest BCUT2D eigenvalue weighted by molar-refractivity contribution is 9.09. The number of ether oxygens (including phenoxy) is 2. The average molecular weight is 308 g/mol. The van der Waals surface area contributed by atoms with Crippen molar-refractivity contribution < 1.29 is 14.6 Å². The van der Waals surface area contributed by atoms with E-state index in [0.29, 0.717) is 17.0 Å². The molecule has 1 aliphatic rings. The van der Waals surface area contributed by atoms with Gasteiger partial charge in [-0.1, -0.05) is 39.7 Å². The molecule has 0 aliphatic carbocycles. The van der Waals surface area contributed by atoms with Crippen LogP contribution in [0.3, 0.4) is 0 Å². The first-order valence-electron chi connectivity index (χ1n) is 4.95. The Hall–Kier alpha value is -0.130. The molecule has 0 saturated carbocycles. The van der Waals surface area contributed by atoms with Crippen LogP contribution in [0.15, 0.2) is 24.3 Å². The van der Waals surface area contributed by atoms with Crippen LogP contribution in [-0.2, 0) is 15.3 Å². The first-order valence-corrected chi connectivity index (χ1v) is 6.45. The fraction of sp³-hybridized carbons (Fsp3) is 0.455. The number of rotatable bonds is 3. The van der Waals surface area contributed by atoms with E-state index >= 15 is 0 Å². The van der Waals surface area contributed by atoms with Gasteiger partial charge in [0.2, 0.25) is 5.79 Å². The van der Waals surface area contributed by atoms with Crippen LogP contribution in [0.5, 0.6) is 0 Å². The van der Waals surface area contributed by atoms with Gasteiger partial charge in [-0.05, 0) is 12.1 Å². The molecule has 3 nitrogen and oxygen atoms in total. The molecule has 0 radical (unpaired) electrons. The zero-order valence-electron chi connectivity index (χ0n) is 8.53. The molecule has 16 heavy (non-hydrogen) atoms. The normalized spacial score (nSPS) is 29.6. The standard InChI is InChI=1S/C11H12BrClO3/c12-7-11(15-6-10(5-14)16-11)8-1-3-9(13)4-2-8/h1-4,10,14H,5-7H2/t10?,11-/m1/s1. The maximum absolute atomic E-state index is 9.04. The zero-order chi connectivity index (χ0) is 11.6. The van der Waals surface area contributed by atoms with E-state index in [1.807, 2.05) is 12.1 Å². The van der Waals surface area contributed by atoms with Crippen molar-refractivity contribution in [1.82, 2.24) is 0 Å². The Morgan fingerprint density at radius 3 is 2.62 bits per heavy atom. The molecular weight excluding hydrogens is 295 g/mol. The van der Waals surface area contributed by atoms with E-state index in [0.717, 1.165) is 5.56 Å². The van der Waals surface area contributed by atoms with Gasteiger partial charge in [-0.2, -0.15) is 0 Å². The van der Waals surface area contributed by atoms with E-state index in [4.69, 9.17) is 26.2 Å². The van der Waals surface area contributed by atoms with Gasteiger partial charge >= 0.3 is 0 Å². The van der Waals surface area contributed by atoms with Gasteiger partial charge in [-0.3, -0.25) is 0 Å². The Balaban J connectivity index is 2.25. The molecule has 1 aromatic rings. The van der Waals surface area contributed by atoms with Crippen molar-refractivity contribution >= 4 is 27.5 Å². The molecule has 1 unspecified atom stereocenters. The Labute approximate surface area is 107 Å². The summed E-state index contributed by atoms with van der Waals surface area (Å²) < 4.78 is 11.4. The van der Waals surface area contributed by atoms with Crippen molar-refractivity contribution in [3.05, 3.63) is 34.9 Å². The van der Waals surface area contributed by atoms with E-state index in [1.54, 1.807) is 12.1 Å². The summed E-state index contributed by atoms with van der Waals surface area (Å²) in [5, 5.41) is 10.2. The highest BCUT2D eigenvalue weighted by atomic mass is 79.9. The quantitative estimate of drug-likeness (QED) is 0.871. The molecule has 0 bridgehead atoms. The lowest BCUT2D eigenvalue weighted by Crippen LogP contribution is -2.30. The van der Waals surface area contributed by atoms with Crippen LogP contribution in [0.1, 0.15) is 5.56 Å². The van der Waals surface area contributed by atoms with Gasteiger partial charge in [0, 0.05) is 10.6 Å². The molecule has 5 heteroatoms. The Bertz CT molecular complexity index is 357. The highest BCUT2D eigenvalue weighted by Crippen LogP contribution is 2.36. The van der Waals surface area contributed by atoms with Crippen molar-refractivity contribution in [2.75, 3.05) is 18.5 Å². The predicted octanol–water partition coefficient (Wildman–Crippen LogP) is 2.30. The molecule has 0 spiro atoms. The fourth-order valence-corrected chi connectivity index (χ4v) is 2.40. The van der Waals surface area contributed by atoms with Gasteiger partial charge in [0.05, 0.1) is 18.5 Å². The minimum Gasteiger partial charge on any atom is -0.394 e. The van der Waals surface area contributed by atoms with E-state index in [-0.39, 0.29) is 12.7 Å². The molecule has 1 N–H and O–H groups in total.